The zero-order valence-electron chi connectivity index (χ0n) is 12.5. The van der Waals surface area contributed by atoms with Crippen LogP contribution in [0, 0.1) is 6.92 Å². The summed E-state index contributed by atoms with van der Waals surface area (Å²) < 4.78 is 7.13. The van der Waals surface area contributed by atoms with Gasteiger partial charge in [-0.15, -0.1) is 16.7 Å². The Bertz CT molecular complexity index is 798. The number of aryl methyl sites for hydroxylation is 1. The second-order valence-corrected chi connectivity index (χ2v) is 5.27. The molecule has 22 heavy (non-hydrogen) atoms. The van der Waals surface area contributed by atoms with Crippen molar-refractivity contribution in [3.05, 3.63) is 59.8 Å². The molecule has 112 valence electrons. The Morgan fingerprint density at radius 1 is 1.14 bits per heavy atom. The predicted molar refractivity (Wildman–Crippen MR) is 87.6 cm³/mol. The third-order valence-corrected chi connectivity index (χ3v) is 3.71. The molecule has 0 aliphatic heterocycles. The molecule has 0 unspecified atom stereocenters. The number of methoxy groups -OCH3 is 1. The Morgan fingerprint density at radius 3 is 2.68 bits per heavy atom. The summed E-state index contributed by atoms with van der Waals surface area (Å²) in [5.41, 5.74) is 4.73. The van der Waals surface area contributed by atoms with Crippen molar-refractivity contribution in [3.63, 3.8) is 0 Å². The molecule has 0 atom stereocenters. The van der Waals surface area contributed by atoms with Crippen molar-refractivity contribution in [1.29, 1.82) is 0 Å². The van der Waals surface area contributed by atoms with Crippen LogP contribution in [-0.4, -0.2) is 22.1 Å². The van der Waals surface area contributed by atoms with E-state index in [-0.39, 0.29) is 0 Å². The van der Waals surface area contributed by atoms with Gasteiger partial charge in [0.25, 0.3) is 0 Å². The highest BCUT2D eigenvalue weighted by Crippen LogP contribution is 2.29. The molecule has 0 saturated carbocycles. The van der Waals surface area contributed by atoms with E-state index in [4.69, 9.17) is 16.3 Å². The van der Waals surface area contributed by atoms with Crippen LogP contribution < -0.4 is 4.74 Å². The predicted octanol–water partition coefficient (Wildman–Crippen LogP) is 3.99. The molecule has 3 rings (SSSR count). The first-order valence-corrected chi connectivity index (χ1v) is 7.48. The maximum absolute atomic E-state index is 6.04. The molecule has 1 heterocycles. The van der Waals surface area contributed by atoms with Gasteiger partial charge in [0.1, 0.15) is 11.4 Å². The summed E-state index contributed by atoms with van der Waals surface area (Å²) in [6, 6.07) is 15.9. The van der Waals surface area contributed by atoms with Crippen molar-refractivity contribution in [2.75, 3.05) is 7.11 Å². The molecule has 0 amide bonds. The minimum atomic E-state index is 0.304. The zero-order chi connectivity index (χ0) is 15.5. The number of halogens is 1. The van der Waals surface area contributed by atoms with Crippen LogP contribution in [0.4, 0.5) is 0 Å². The summed E-state index contributed by atoms with van der Waals surface area (Å²) in [6.07, 6.45) is 0. The van der Waals surface area contributed by atoms with Gasteiger partial charge in [-0.2, -0.15) is 0 Å². The van der Waals surface area contributed by atoms with Crippen LogP contribution in [0.15, 0.2) is 48.5 Å². The number of ether oxygens (including phenoxy) is 1. The molecular weight excluding hydrogens is 298 g/mol. The van der Waals surface area contributed by atoms with Crippen LogP contribution in [-0.2, 0) is 5.88 Å². The lowest BCUT2D eigenvalue weighted by atomic mass is 10.1. The molecule has 5 heteroatoms. The number of aromatic nitrogens is 3. The van der Waals surface area contributed by atoms with Gasteiger partial charge >= 0.3 is 0 Å². The summed E-state index contributed by atoms with van der Waals surface area (Å²) in [7, 11) is 1.65. The number of alkyl halides is 1. The SMILES string of the molecule is COc1cccc(-c2c(CCl)nnn2-c2cccc(C)c2)c1. The molecule has 2 aromatic carbocycles. The van der Waals surface area contributed by atoms with E-state index in [2.05, 4.69) is 16.4 Å². The quantitative estimate of drug-likeness (QED) is 0.684. The Balaban J connectivity index is 2.19. The lowest BCUT2D eigenvalue weighted by molar-refractivity contribution is 0.415. The summed E-state index contributed by atoms with van der Waals surface area (Å²) >= 11 is 6.04. The van der Waals surface area contributed by atoms with E-state index in [1.165, 1.54) is 0 Å². The minimum Gasteiger partial charge on any atom is -0.497 e. The van der Waals surface area contributed by atoms with E-state index in [0.29, 0.717) is 5.88 Å². The number of hydrogen-bond donors (Lipinski definition) is 0. The molecule has 1 aromatic heterocycles. The van der Waals surface area contributed by atoms with Gasteiger partial charge in [0.05, 0.1) is 24.4 Å². The van der Waals surface area contributed by atoms with Crippen LogP contribution in [0.3, 0.4) is 0 Å². The second-order valence-electron chi connectivity index (χ2n) is 5.00. The third-order valence-electron chi connectivity index (χ3n) is 3.46. The molecule has 0 saturated heterocycles. The third kappa shape index (κ3) is 2.70. The molecule has 0 fully saturated rings. The van der Waals surface area contributed by atoms with Crippen LogP contribution in [0.1, 0.15) is 11.3 Å². The Morgan fingerprint density at radius 2 is 1.95 bits per heavy atom. The normalized spacial score (nSPS) is 10.7. The maximum atomic E-state index is 6.04. The van der Waals surface area contributed by atoms with Gasteiger partial charge in [0, 0.05) is 5.56 Å². The molecule has 4 nitrogen and oxygen atoms in total. The fourth-order valence-corrected chi connectivity index (χ4v) is 2.58. The highest BCUT2D eigenvalue weighted by atomic mass is 35.5. The number of rotatable bonds is 4. The molecule has 0 aliphatic carbocycles. The monoisotopic (exact) mass is 313 g/mol. The van der Waals surface area contributed by atoms with Crippen molar-refractivity contribution < 1.29 is 4.74 Å². The molecule has 0 bridgehead atoms. The lowest BCUT2D eigenvalue weighted by Crippen LogP contribution is -2.00. The molecule has 0 N–H and O–H groups in total. The van der Waals surface area contributed by atoms with Gasteiger partial charge in [-0.1, -0.05) is 29.5 Å². The highest BCUT2D eigenvalue weighted by Gasteiger charge is 2.16. The fourth-order valence-electron chi connectivity index (χ4n) is 2.40. The standard InChI is InChI=1S/C17H16ClN3O/c1-12-5-3-7-14(9-12)21-17(16(11-18)19-20-21)13-6-4-8-15(10-13)22-2/h3-10H,11H2,1-2H3. The Kier molecular flexibility index (Phi) is 4.11. The fraction of sp³-hybridized carbons (Fsp3) is 0.176. The average Bonchev–Trinajstić information content (AvgIpc) is 2.99. The van der Waals surface area contributed by atoms with Crippen molar-refractivity contribution in [2.24, 2.45) is 0 Å². The van der Waals surface area contributed by atoms with Crippen LogP contribution in [0.25, 0.3) is 16.9 Å². The van der Waals surface area contributed by atoms with Crippen molar-refractivity contribution in [3.8, 4) is 22.7 Å². The maximum Gasteiger partial charge on any atom is 0.119 e. The largest absolute Gasteiger partial charge is 0.497 e. The van der Waals surface area contributed by atoms with Crippen LogP contribution in [0.5, 0.6) is 5.75 Å². The number of hydrogen-bond acceptors (Lipinski definition) is 3. The highest BCUT2D eigenvalue weighted by molar-refractivity contribution is 6.17. The first-order chi connectivity index (χ1) is 10.7. The topological polar surface area (TPSA) is 39.9 Å². The van der Waals surface area contributed by atoms with Crippen LogP contribution >= 0.6 is 11.6 Å². The van der Waals surface area contributed by atoms with Crippen molar-refractivity contribution in [1.82, 2.24) is 15.0 Å². The number of benzene rings is 2. The van der Waals surface area contributed by atoms with Crippen molar-refractivity contribution >= 4 is 11.6 Å². The molecule has 0 spiro atoms. The zero-order valence-corrected chi connectivity index (χ0v) is 13.2. The summed E-state index contributed by atoms with van der Waals surface area (Å²) in [4.78, 5) is 0. The molecular formula is C17H16ClN3O. The molecule has 3 aromatic rings. The van der Waals surface area contributed by atoms with Gasteiger partial charge in [-0.3, -0.25) is 0 Å². The smallest absolute Gasteiger partial charge is 0.119 e. The van der Waals surface area contributed by atoms with Gasteiger partial charge in [0.15, 0.2) is 0 Å². The summed E-state index contributed by atoms with van der Waals surface area (Å²) in [5.74, 6) is 1.09. The average molecular weight is 314 g/mol. The Labute approximate surface area is 134 Å². The first-order valence-electron chi connectivity index (χ1n) is 6.95. The molecule has 0 aliphatic rings. The minimum absolute atomic E-state index is 0.304. The number of nitrogens with zero attached hydrogens (tertiary/aromatic N) is 3. The lowest BCUT2D eigenvalue weighted by Gasteiger charge is -2.09. The first kappa shape index (κ1) is 14.6. The van der Waals surface area contributed by atoms with Gasteiger partial charge in [0.2, 0.25) is 0 Å². The van der Waals surface area contributed by atoms with E-state index in [1.807, 2.05) is 54.1 Å². The van der Waals surface area contributed by atoms with Gasteiger partial charge in [-0.05, 0) is 36.8 Å². The van der Waals surface area contributed by atoms with Gasteiger partial charge < -0.3 is 4.74 Å². The van der Waals surface area contributed by atoms with E-state index in [0.717, 1.165) is 34.0 Å². The van der Waals surface area contributed by atoms with Crippen LogP contribution in [0.2, 0.25) is 0 Å². The Hall–Kier alpha value is -2.33. The van der Waals surface area contributed by atoms with E-state index >= 15 is 0 Å². The summed E-state index contributed by atoms with van der Waals surface area (Å²) in [5, 5.41) is 8.48. The van der Waals surface area contributed by atoms with E-state index < -0.39 is 0 Å². The molecule has 0 radical (unpaired) electrons. The van der Waals surface area contributed by atoms with Crippen molar-refractivity contribution in [2.45, 2.75) is 12.8 Å². The van der Waals surface area contributed by atoms with E-state index in [9.17, 15) is 0 Å². The summed E-state index contributed by atoms with van der Waals surface area (Å²) in [6.45, 7) is 2.05. The van der Waals surface area contributed by atoms with E-state index in [1.54, 1.807) is 7.11 Å². The van der Waals surface area contributed by atoms with Gasteiger partial charge in [-0.25, -0.2) is 4.68 Å². The second kappa shape index (κ2) is 6.20.